The number of amides is 3. The van der Waals surface area contributed by atoms with Crippen molar-refractivity contribution in [3.63, 3.8) is 0 Å². The van der Waals surface area contributed by atoms with E-state index in [1.807, 2.05) is 41.6 Å². The number of benzene rings is 2. The van der Waals surface area contributed by atoms with Crippen LogP contribution < -0.4 is 14.8 Å². The van der Waals surface area contributed by atoms with Crippen molar-refractivity contribution in [1.82, 2.24) is 4.90 Å². The number of methoxy groups -OCH3 is 1. The molecule has 0 saturated carbocycles. The molecule has 2 aromatic rings. The van der Waals surface area contributed by atoms with E-state index in [0.717, 1.165) is 5.56 Å². The summed E-state index contributed by atoms with van der Waals surface area (Å²) < 4.78 is 11.7. The molecule has 1 aliphatic heterocycles. The highest BCUT2D eigenvalue weighted by Gasteiger charge is 2.36. The monoisotopic (exact) mass is 582 g/mol. The molecule has 172 valence electrons. The number of aliphatic carboxylic acids is 1. The average Bonchev–Trinajstić information content (AvgIpc) is 3.01. The molecule has 0 aliphatic carbocycles. The molecule has 1 heterocycles. The minimum atomic E-state index is -1.28. The summed E-state index contributed by atoms with van der Waals surface area (Å²) in [7, 11) is 1.44. The zero-order chi connectivity index (χ0) is 24.1. The molecule has 3 rings (SSSR count). The van der Waals surface area contributed by atoms with Gasteiger partial charge in [-0.2, -0.15) is 0 Å². The van der Waals surface area contributed by atoms with E-state index in [9.17, 15) is 19.2 Å². The van der Waals surface area contributed by atoms with E-state index < -0.39 is 23.7 Å². The summed E-state index contributed by atoms with van der Waals surface area (Å²) in [6.07, 6.45) is 1.48. The first kappa shape index (κ1) is 24.6. The molecule has 33 heavy (non-hydrogen) atoms. The predicted octanol–water partition coefficient (Wildman–Crippen LogP) is 3.75. The third-order valence-corrected chi connectivity index (χ3v) is 6.11. The second-order valence-electron chi connectivity index (χ2n) is 6.90. The van der Waals surface area contributed by atoms with E-state index in [-0.39, 0.29) is 17.4 Å². The SMILES string of the molecule is COc1cc(/C=C2/SC(=O)N(CC(=O)O)C2=O)cc(I)c1OCC(=O)Nc1ccc(C)cc1. The van der Waals surface area contributed by atoms with Crippen molar-refractivity contribution in [2.24, 2.45) is 0 Å². The Morgan fingerprint density at radius 1 is 1.21 bits per heavy atom. The maximum atomic E-state index is 12.4. The first-order valence-corrected chi connectivity index (χ1v) is 11.4. The fourth-order valence-electron chi connectivity index (χ4n) is 2.86. The number of carbonyl (C=O) groups is 4. The minimum Gasteiger partial charge on any atom is -0.493 e. The van der Waals surface area contributed by atoms with E-state index in [1.165, 1.54) is 13.2 Å². The van der Waals surface area contributed by atoms with Crippen molar-refractivity contribution >= 4 is 69.1 Å². The number of carboxylic acids is 1. The van der Waals surface area contributed by atoms with Gasteiger partial charge in [0.1, 0.15) is 6.54 Å². The maximum Gasteiger partial charge on any atom is 0.323 e. The van der Waals surface area contributed by atoms with Crippen LogP contribution in [0.5, 0.6) is 11.5 Å². The molecule has 2 N–H and O–H groups in total. The Labute approximate surface area is 207 Å². The van der Waals surface area contributed by atoms with Crippen molar-refractivity contribution in [3.05, 3.63) is 56.0 Å². The van der Waals surface area contributed by atoms with Crippen molar-refractivity contribution in [2.45, 2.75) is 6.92 Å². The summed E-state index contributed by atoms with van der Waals surface area (Å²) in [5, 5.41) is 11.0. The van der Waals surface area contributed by atoms with Crippen LogP contribution in [0.15, 0.2) is 41.3 Å². The van der Waals surface area contributed by atoms with Crippen molar-refractivity contribution in [3.8, 4) is 11.5 Å². The molecule has 3 amide bonds. The summed E-state index contributed by atoms with van der Waals surface area (Å²) >= 11 is 2.68. The predicted molar refractivity (Wildman–Crippen MR) is 131 cm³/mol. The number of imide groups is 1. The highest BCUT2D eigenvalue weighted by atomic mass is 127. The number of ether oxygens (including phenoxy) is 2. The second kappa shape index (κ2) is 10.7. The molecule has 1 saturated heterocycles. The van der Waals surface area contributed by atoms with Crippen LogP contribution in [0.3, 0.4) is 0 Å². The Bertz CT molecular complexity index is 1150. The van der Waals surface area contributed by atoms with Crippen LogP contribution in [-0.4, -0.2) is 53.3 Å². The van der Waals surface area contributed by atoms with Gasteiger partial charge in [0, 0.05) is 5.69 Å². The summed E-state index contributed by atoms with van der Waals surface area (Å²) in [6, 6.07) is 10.7. The summed E-state index contributed by atoms with van der Waals surface area (Å²) in [5.41, 5.74) is 2.28. The quantitative estimate of drug-likeness (QED) is 0.357. The average molecular weight is 582 g/mol. The number of aryl methyl sites for hydroxylation is 1. The van der Waals surface area contributed by atoms with Crippen LogP contribution in [0, 0.1) is 10.5 Å². The van der Waals surface area contributed by atoms with Gasteiger partial charge in [0.25, 0.3) is 17.1 Å². The number of carbonyl (C=O) groups excluding carboxylic acids is 3. The highest BCUT2D eigenvalue weighted by molar-refractivity contribution is 14.1. The van der Waals surface area contributed by atoms with Crippen molar-refractivity contribution in [1.29, 1.82) is 0 Å². The number of nitrogens with zero attached hydrogens (tertiary/aromatic N) is 1. The lowest BCUT2D eigenvalue weighted by Crippen LogP contribution is -2.33. The summed E-state index contributed by atoms with van der Waals surface area (Å²) in [5.74, 6) is -1.60. The third kappa shape index (κ3) is 6.26. The van der Waals surface area contributed by atoms with Crippen LogP contribution in [0.4, 0.5) is 10.5 Å². The third-order valence-electron chi connectivity index (χ3n) is 4.40. The largest absolute Gasteiger partial charge is 0.493 e. The van der Waals surface area contributed by atoms with Crippen molar-refractivity contribution in [2.75, 3.05) is 25.6 Å². The van der Waals surface area contributed by atoms with E-state index in [1.54, 1.807) is 24.3 Å². The number of hydrogen-bond donors (Lipinski definition) is 2. The molecule has 1 aliphatic rings. The van der Waals surface area contributed by atoms with Gasteiger partial charge in [-0.1, -0.05) is 17.7 Å². The van der Waals surface area contributed by atoms with Crippen LogP contribution in [0.25, 0.3) is 6.08 Å². The first-order chi connectivity index (χ1) is 15.7. The van der Waals surface area contributed by atoms with Gasteiger partial charge in [-0.3, -0.25) is 24.1 Å². The smallest absolute Gasteiger partial charge is 0.323 e. The molecule has 0 unspecified atom stereocenters. The Balaban J connectivity index is 1.73. The van der Waals surface area contributed by atoms with Gasteiger partial charge in [-0.25, -0.2) is 0 Å². The number of halogens is 1. The standard InChI is InChI=1S/C22H19IN2O7S/c1-12-3-5-14(6-4-12)24-18(26)11-32-20-15(23)7-13(8-16(20)31-2)9-17-21(29)25(10-19(27)28)22(30)33-17/h3-9H,10-11H2,1-2H3,(H,24,26)(H,27,28)/b17-9+. The molecule has 0 bridgehead atoms. The topological polar surface area (TPSA) is 122 Å². The van der Waals surface area contributed by atoms with E-state index in [0.29, 0.717) is 43.0 Å². The van der Waals surface area contributed by atoms with Gasteiger partial charge < -0.3 is 19.9 Å². The second-order valence-corrected chi connectivity index (χ2v) is 9.05. The Morgan fingerprint density at radius 2 is 1.91 bits per heavy atom. The molecular weight excluding hydrogens is 563 g/mol. The van der Waals surface area contributed by atoms with Crippen LogP contribution in [0.1, 0.15) is 11.1 Å². The van der Waals surface area contributed by atoms with Gasteiger partial charge in [-0.15, -0.1) is 0 Å². The Hall–Kier alpha value is -3.06. The number of nitrogens with one attached hydrogen (secondary N) is 1. The van der Waals surface area contributed by atoms with Crippen molar-refractivity contribution < 1.29 is 33.8 Å². The van der Waals surface area contributed by atoms with E-state index in [2.05, 4.69) is 5.32 Å². The number of thioether (sulfide) groups is 1. The van der Waals surface area contributed by atoms with Gasteiger partial charge in [0.2, 0.25) is 0 Å². The number of carboxylic acid groups (broad SMARTS) is 1. The Morgan fingerprint density at radius 3 is 2.55 bits per heavy atom. The number of anilines is 1. The molecule has 0 radical (unpaired) electrons. The van der Waals surface area contributed by atoms with Gasteiger partial charge in [-0.05, 0) is 77.2 Å². The maximum absolute atomic E-state index is 12.4. The Kier molecular flexibility index (Phi) is 7.97. The zero-order valence-corrected chi connectivity index (χ0v) is 20.6. The molecule has 2 aromatic carbocycles. The zero-order valence-electron chi connectivity index (χ0n) is 17.6. The molecule has 9 nitrogen and oxygen atoms in total. The lowest BCUT2D eigenvalue weighted by atomic mass is 10.2. The highest BCUT2D eigenvalue weighted by Crippen LogP contribution is 2.37. The molecule has 0 aromatic heterocycles. The molecule has 1 fully saturated rings. The molecule has 0 atom stereocenters. The van der Waals surface area contributed by atoms with Gasteiger partial charge in [0.15, 0.2) is 18.1 Å². The minimum absolute atomic E-state index is 0.102. The van der Waals surface area contributed by atoms with E-state index in [4.69, 9.17) is 14.6 Å². The molecule has 0 spiro atoms. The normalized spacial score (nSPS) is 14.5. The first-order valence-electron chi connectivity index (χ1n) is 9.52. The van der Waals surface area contributed by atoms with Crippen LogP contribution >= 0.6 is 34.4 Å². The van der Waals surface area contributed by atoms with Gasteiger partial charge >= 0.3 is 5.97 Å². The fourth-order valence-corrected chi connectivity index (χ4v) is 4.48. The molecule has 11 heteroatoms. The summed E-state index contributed by atoms with van der Waals surface area (Å²) in [6.45, 7) is 1.02. The summed E-state index contributed by atoms with van der Waals surface area (Å²) in [4.78, 5) is 48.2. The molecular formula is C22H19IN2O7S. The number of rotatable bonds is 8. The number of hydrogen-bond acceptors (Lipinski definition) is 7. The van der Waals surface area contributed by atoms with Crippen LogP contribution in [-0.2, 0) is 14.4 Å². The fraction of sp³-hybridized carbons (Fsp3) is 0.182. The van der Waals surface area contributed by atoms with E-state index >= 15 is 0 Å². The lowest BCUT2D eigenvalue weighted by molar-refractivity contribution is -0.140. The lowest BCUT2D eigenvalue weighted by Gasteiger charge is -2.14. The van der Waals surface area contributed by atoms with Crippen LogP contribution in [0.2, 0.25) is 0 Å². The van der Waals surface area contributed by atoms with Gasteiger partial charge in [0.05, 0.1) is 15.6 Å².